The molecule has 2 rings (SSSR count). The van der Waals surface area contributed by atoms with E-state index in [1.807, 2.05) is 37.3 Å². The van der Waals surface area contributed by atoms with Crippen molar-refractivity contribution in [1.29, 1.82) is 0 Å². The van der Waals surface area contributed by atoms with Crippen molar-refractivity contribution in [2.45, 2.75) is 26.0 Å². The number of aromatic nitrogens is 1. The lowest BCUT2D eigenvalue weighted by atomic mass is 10.2. The summed E-state index contributed by atoms with van der Waals surface area (Å²) in [5.41, 5.74) is 0.862. The summed E-state index contributed by atoms with van der Waals surface area (Å²) in [4.78, 5) is 27.6. The molecule has 1 aromatic carbocycles. The zero-order valence-corrected chi connectivity index (χ0v) is 12.8. The first-order valence-electron chi connectivity index (χ1n) is 6.66. The molecule has 116 valence electrons. The second-order valence-corrected chi connectivity index (χ2v) is 5.90. The van der Waals surface area contributed by atoms with Crippen molar-refractivity contribution in [3.05, 3.63) is 52.0 Å². The molecule has 0 radical (unpaired) electrons. The van der Waals surface area contributed by atoms with Gasteiger partial charge in [-0.2, -0.15) is 0 Å². The minimum atomic E-state index is -1.00. The van der Waals surface area contributed by atoms with Crippen molar-refractivity contribution in [2.24, 2.45) is 0 Å². The fraction of sp³-hybridized carbons (Fsp3) is 0.267. The van der Waals surface area contributed by atoms with Gasteiger partial charge < -0.3 is 15.2 Å². The summed E-state index contributed by atoms with van der Waals surface area (Å²) < 4.78 is 5.11. The first-order chi connectivity index (χ1) is 10.5. The van der Waals surface area contributed by atoms with Crippen LogP contribution in [-0.2, 0) is 16.1 Å². The number of carbonyl (C=O) groups is 2. The monoisotopic (exact) mass is 320 g/mol. The Morgan fingerprint density at radius 3 is 2.68 bits per heavy atom. The van der Waals surface area contributed by atoms with E-state index in [4.69, 9.17) is 9.84 Å². The quantitative estimate of drug-likeness (QED) is 0.854. The molecule has 2 N–H and O–H groups in total. The van der Waals surface area contributed by atoms with Crippen molar-refractivity contribution >= 4 is 23.4 Å². The molecular weight excluding hydrogens is 304 g/mol. The predicted octanol–water partition coefficient (Wildman–Crippen LogP) is 2.89. The van der Waals surface area contributed by atoms with Crippen LogP contribution >= 0.6 is 11.3 Å². The molecule has 0 bridgehead atoms. The molecule has 7 heteroatoms. The summed E-state index contributed by atoms with van der Waals surface area (Å²) >= 11 is 1.35. The van der Waals surface area contributed by atoms with Crippen LogP contribution in [0.5, 0.6) is 0 Å². The zero-order valence-electron chi connectivity index (χ0n) is 12.0. The SMILES string of the molecule is Cc1ncc(C(CC(=O)O)NC(=O)OCc2ccccc2)s1. The average Bonchev–Trinajstić information content (AvgIpc) is 2.92. The van der Waals surface area contributed by atoms with Crippen LogP contribution in [0.2, 0.25) is 0 Å². The largest absolute Gasteiger partial charge is 0.481 e. The van der Waals surface area contributed by atoms with Gasteiger partial charge in [-0.15, -0.1) is 11.3 Å². The Morgan fingerprint density at radius 1 is 1.36 bits per heavy atom. The van der Waals surface area contributed by atoms with Gasteiger partial charge in [0.2, 0.25) is 0 Å². The van der Waals surface area contributed by atoms with Gasteiger partial charge in [0.1, 0.15) is 6.61 Å². The number of rotatable bonds is 6. The molecule has 0 fully saturated rings. The second kappa shape index (κ2) is 7.56. The number of carbonyl (C=O) groups excluding carboxylic acids is 1. The number of aryl methyl sites for hydroxylation is 1. The number of carboxylic acids is 1. The van der Waals surface area contributed by atoms with Gasteiger partial charge in [-0.3, -0.25) is 4.79 Å². The first kappa shape index (κ1) is 16.0. The molecule has 1 unspecified atom stereocenters. The minimum absolute atomic E-state index is 0.133. The van der Waals surface area contributed by atoms with E-state index in [0.717, 1.165) is 10.6 Å². The molecule has 2 aromatic rings. The van der Waals surface area contributed by atoms with Gasteiger partial charge in [-0.25, -0.2) is 9.78 Å². The summed E-state index contributed by atoms with van der Waals surface area (Å²) in [7, 11) is 0. The molecule has 0 saturated heterocycles. The topological polar surface area (TPSA) is 88.5 Å². The van der Waals surface area contributed by atoms with Crippen LogP contribution in [0.4, 0.5) is 4.79 Å². The highest BCUT2D eigenvalue weighted by Crippen LogP contribution is 2.23. The Balaban J connectivity index is 1.94. The second-order valence-electron chi connectivity index (χ2n) is 4.64. The van der Waals surface area contributed by atoms with Crippen LogP contribution < -0.4 is 5.32 Å². The summed E-state index contributed by atoms with van der Waals surface area (Å²) in [5, 5.41) is 12.4. The number of hydrogen-bond acceptors (Lipinski definition) is 5. The normalized spacial score (nSPS) is 11.7. The Morgan fingerprint density at radius 2 is 2.09 bits per heavy atom. The third-order valence-corrected chi connectivity index (χ3v) is 3.89. The smallest absolute Gasteiger partial charge is 0.407 e. The molecular formula is C15H16N2O4S. The van der Waals surface area contributed by atoms with Crippen LogP contribution in [0.1, 0.15) is 27.9 Å². The summed E-state index contributed by atoms with van der Waals surface area (Å²) in [6.45, 7) is 1.95. The number of amides is 1. The number of ether oxygens (including phenoxy) is 1. The van der Waals surface area contributed by atoms with Crippen molar-refractivity contribution in [3.63, 3.8) is 0 Å². The van der Waals surface area contributed by atoms with Gasteiger partial charge in [0.25, 0.3) is 0 Å². The van der Waals surface area contributed by atoms with Gasteiger partial charge >= 0.3 is 12.1 Å². The van der Waals surface area contributed by atoms with Crippen molar-refractivity contribution in [3.8, 4) is 0 Å². The molecule has 0 spiro atoms. The molecule has 0 aliphatic rings. The van der Waals surface area contributed by atoms with E-state index in [-0.39, 0.29) is 13.0 Å². The highest BCUT2D eigenvalue weighted by Gasteiger charge is 2.20. The number of aliphatic carboxylic acids is 1. The lowest BCUT2D eigenvalue weighted by Gasteiger charge is -2.15. The van der Waals surface area contributed by atoms with Gasteiger partial charge in [0.05, 0.1) is 17.5 Å². The fourth-order valence-corrected chi connectivity index (χ4v) is 2.68. The summed E-state index contributed by atoms with van der Waals surface area (Å²) in [5.74, 6) is -1.00. The van der Waals surface area contributed by atoms with E-state index in [2.05, 4.69) is 10.3 Å². The van der Waals surface area contributed by atoms with Crippen LogP contribution in [-0.4, -0.2) is 22.2 Å². The number of thiazole rings is 1. The molecule has 0 aliphatic heterocycles. The van der Waals surface area contributed by atoms with Gasteiger partial charge in [-0.05, 0) is 12.5 Å². The Bertz CT molecular complexity index is 642. The van der Waals surface area contributed by atoms with Crippen LogP contribution in [0.3, 0.4) is 0 Å². The molecule has 1 aromatic heterocycles. The molecule has 0 saturated carbocycles. The van der Waals surface area contributed by atoms with E-state index in [1.54, 1.807) is 6.20 Å². The van der Waals surface area contributed by atoms with Crippen LogP contribution in [0, 0.1) is 6.92 Å². The number of benzene rings is 1. The Hall–Kier alpha value is -2.41. The molecule has 6 nitrogen and oxygen atoms in total. The standard InChI is InChI=1S/C15H16N2O4S/c1-10-16-8-13(22-10)12(7-14(18)19)17-15(20)21-9-11-5-3-2-4-6-11/h2-6,8,12H,7,9H2,1H3,(H,17,20)(H,18,19). The summed E-state index contributed by atoms with van der Waals surface area (Å²) in [6, 6.07) is 8.61. The van der Waals surface area contributed by atoms with Crippen molar-refractivity contribution in [1.82, 2.24) is 10.3 Å². The van der Waals surface area contributed by atoms with Crippen molar-refractivity contribution < 1.29 is 19.4 Å². The lowest BCUT2D eigenvalue weighted by Crippen LogP contribution is -2.30. The fourth-order valence-electron chi connectivity index (χ4n) is 1.84. The first-order valence-corrected chi connectivity index (χ1v) is 7.47. The number of alkyl carbamates (subject to hydrolysis) is 1. The van der Waals surface area contributed by atoms with Gasteiger partial charge in [0.15, 0.2) is 0 Å². The maximum absolute atomic E-state index is 11.8. The molecule has 1 amide bonds. The van der Waals surface area contributed by atoms with E-state index in [1.165, 1.54) is 11.3 Å². The van der Waals surface area contributed by atoms with Crippen molar-refractivity contribution in [2.75, 3.05) is 0 Å². The molecule has 0 aliphatic carbocycles. The van der Waals surface area contributed by atoms with E-state index >= 15 is 0 Å². The minimum Gasteiger partial charge on any atom is -0.481 e. The molecule has 22 heavy (non-hydrogen) atoms. The molecule has 1 atom stereocenters. The Kier molecular flexibility index (Phi) is 5.48. The number of nitrogens with zero attached hydrogens (tertiary/aromatic N) is 1. The number of carboxylic acid groups (broad SMARTS) is 1. The lowest BCUT2D eigenvalue weighted by molar-refractivity contribution is -0.137. The number of hydrogen-bond donors (Lipinski definition) is 2. The Labute approximate surface area is 131 Å². The number of nitrogens with one attached hydrogen (secondary N) is 1. The van der Waals surface area contributed by atoms with E-state index in [9.17, 15) is 9.59 Å². The zero-order chi connectivity index (χ0) is 15.9. The highest BCUT2D eigenvalue weighted by atomic mass is 32.1. The molecule has 1 heterocycles. The maximum atomic E-state index is 11.8. The third kappa shape index (κ3) is 4.85. The highest BCUT2D eigenvalue weighted by molar-refractivity contribution is 7.11. The predicted molar refractivity (Wildman–Crippen MR) is 81.6 cm³/mol. The van der Waals surface area contributed by atoms with E-state index in [0.29, 0.717) is 4.88 Å². The average molecular weight is 320 g/mol. The van der Waals surface area contributed by atoms with Gasteiger partial charge in [-0.1, -0.05) is 30.3 Å². The van der Waals surface area contributed by atoms with E-state index < -0.39 is 18.1 Å². The van der Waals surface area contributed by atoms with Crippen LogP contribution in [0.25, 0.3) is 0 Å². The summed E-state index contributed by atoms with van der Waals surface area (Å²) in [6.07, 6.45) is 0.703. The van der Waals surface area contributed by atoms with Crippen LogP contribution in [0.15, 0.2) is 36.5 Å². The maximum Gasteiger partial charge on any atom is 0.407 e. The van der Waals surface area contributed by atoms with Gasteiger partial charge in [0, 0.05) is 11.1 Å². The third-order valence-electron chi connectivity index (χ3n) is 2.87.